The van der Waals surface area contributed by atoms with Gasteiger partial charge in [-0.2, -0.15) is 5.10 Å². The highest BCUT2D eigenvalue weighted by Gasteiger charge is 2.29. The third-order valence-corrected chi connectivity index (χ3v) is 5.76. The summed E-state index contributed by atoms with van der Waals surface area (Å²) in [7, 11) is 2.14. The standard InChI is InChI=1S/C24H28N4O/c1-17-9-7-8-12-21(17)23-22(16-28(26-23)20-10-5-4-6-11-20)24(29)25-15-18(2)27(3)19-13-14-19/h4-12,16,18-19H,13-15H2,1-3H3,(H,25,29). The fraction of sp³-hybridized carbons (Fsp3) is 0.333. The molecule has 5 nitrogen and oxygen atoms in total. The first-order valence-corrected chi connectivity index (χ1v) is 10.3. The van der Waals surface area contributed by atoms with Crippen LogP contribution in [0.15, 0.2) is 60.8 Å². The van der Waals surface area contributed by atoms with Gasteiger partial charge in [0.1, 0.15) is 5.69 Å². The van der Waals surface area contributed by atoms with Crippen LogP contribution in [0.3, 0.4) is 0 Å². The zero-order valence-corrected chi connectivity index (χ0v) is 17.3. The molecular weight excluding hydrogens is 360 g/mol. The minimum atomic E-state index is -0.0820. The average molecular weight is 389 g/mol. The summed E-state index contributed by atoms with van der Waals surface area (Å²) in [6.45, 7) is 4.83. The Kier molecular flexibility index (Phi) is 5.49. The summed E-state index contributed by atoms with van der Waals surface area (Å²) in [5.74, 6) is -0.0820. The summed E-state index contributed by atoms with van der Waals surface area (Å²) < 4.78 is 1.79. The molecule has 0 saturated heterocycles. The van der Waals surface area contributed by atoms with E-state index in [9.17, 15) is 4.79 Å². The normalized spacial score (nSPS) is 14.8. The van der Waals surface area contributed by atoms with Crippen LogP contribution in [-0.2, 0) is 0 Å². The molecule has 5 heteroatoms. The molecule has 0 aliphatic heterocycles. The molecule has 3 aromatic rings. The maximum absolute atomic E-state index is 13.1. The lowest BCUT2D eigenvalue weighted by Gasteiger charge is -2.24. The van der Waals surface area contributed by atoms with Crippen LogP contribution in [0.25, 0.3) is 16.9 Å². The molecule has 1 aromatic heterocycles. The van der Waals surface area contributed by atoms with E-state index < -0.39 is 0 Å². The van der Waals surface area contributed by atoms with E-state index in [2.05, 4.69) is 24.2 Å². The van der Waals surface area contributed by atoms with Gasteiger partial charge in [-0.15, -0.1) is 0 Å². The van der Waals surface area contributed by atoms with Gasteiger partial charge in [-0.25, -0.2) is 4.68 Å². The lowest BCUT2D eigenvalue weighted by molar-refractivity contribution is 0.0940. The average Bonchev–Trinajstić information content (AvgIpc) is 3.50. The predicted molar refractivity (Wildman–Crippen MR) is 116 cm³/mol. The molecule has 1 atom stereocenters. The van der Waals surface area contributed by atoms with E-state index in [0.717, 1.165) is 16.8 Å². The number of likely N-dealkylation sites (N-methyl/N-ethyl adjacent to an activating group) is 1. The quantitative estimate of drug-likeness (QED) is 0.664. The van der Waals surface area contributed by atoms with Crippen LogP contribution in [0, 0.1) is 6.92 Å². The van der Waals surface area contributed by atoms with Gasteiger partial charge in [0.2, 0.25) is 0 Å². The molecule has 1 fully saturated rings. The third kappa shape index (κ3) is 4.25. The van der Waals surface area contributed by atoms with Crippen LogP contribution in [0.5, 0.6) is 0 Å². The van der Waals surface area contributed by atoms with Crippen molar-refractivity contribution >= 4 is 5.91 Å². The monoisotopic (exact) mass is 388 g/mol. The molecule has 150 valence electrons. The van der Waals surface area contributed by atoms with E-state index in [1.807, 2.05) is 67.7 Å². The van der Waals surface area contributed by atoms with Crippen molar-refractivity contribution in [2.45, 2.75) is 38.8 Å². The van der Waals surface area contributed by atoms with E-state index in [4.69, 9.17) is 5.10 Å². The van der Waals surface area contributed by atoms with E-state index in [1.54, 1.807) is 4.68 Å². The third-order valence-electron chi connectivity index (χ3n) is 5.76. The number of para-hydroxylation sites is 1. The molecule has 1 aliphatic carbocycles. The van der Waals surface area contributed by atoms with Crippen LogP contribution in [-0.4, -0.2) is 46.3 Å². The van der Waals surface area contributed by atoms with Crippen LogP contribution >= 0.6 is 0 Å². The highest BCUT2D eigenvalue weighted by Crippen LogP contribution is 2.28. The Balaban J connectivity index is 1.62. The number of hydrogen-bond donors (Lipinski definition) is 1. The minimum Gasteiger partial charge on any atom is -0.350 e. The number of amides is 1. The molecule has 29 heavy (non-hydrogen) atoms. The van der Waals surface area contributed by atoms with Crippen LogP contribution < -0.4 is 5.32 Å². The van der Waals surface area contributed by atoms with Gasteiger partial charge in [0.25, 0.3) is 5.91 Å². The van der Waals surface area contributed by atoms with E-state index >= 15 is 0 Å². The fourth-order valence-corrected chi connectivity index (χ4v) is 3.61. The summed E-state index contributed by atoms with van der Waals surface area (Å²) in [6.07, 6.45) is 4.36. The van der Waals surface area contributed by atoms with Gasteiger partial charge in [0.15, 0.2) is 0 Å². The molecule has 2 aromatic carbocycles. The van der Waals surface area contributed by atoms with Crippen molar-refractivity contribution < 1.29 is 4.79 Å². The van der Waals surface area contributed by atoms with Crippen molar-refractivity contribution in [2.24, 2.45) is 0 Å². The smallest absolute Gasteiger partial charge is 0.255 e. The van der Waals surface area contributed by atoms with Crippen molar-refractivity contribution in [3.8, 4) is 16.9 Å². The fourth-order valence-electron chi connectivity index (χ4n) is 3.61. The second-order valence-corrected chi connectivity index (χ2v) is 7.94. The zero-order valence-electron chi connectivity index (χ0n) is 17.3. The lowest BCUT2D eigenvalue weighted by Crippen LogP contribution is -2.41. The minimum absolute atomic E-state index is 0.0820. The van der Waals surface area contributed by atoms with Crippen molar-refractivity contribution in [3.63, 3.8) is 0 Å². The van der Waals surface area contributed by atoms with Gasteiger partial charge in [-0.05, 0) is 51.4 Å². The second-order valence-electron chi connectivity index (χ2n) is 7.94. The number of carbonyl (C=O) groups is 1. The Bertz CT molecular complexity index is 991. The Morgan fingerprint density at radius 1 is 1.17 bits per heavy atom. The Morgan fingerprint density at radius 2 is 1.86 bits per heavy atom. The first-order valence-electron chi connectivity index (χ1n) is 10.3. The van der Waals surface area contributed by atoms with E-state index in [-0.39, 0.29) is 5.91 Å². The summed E-state index contributed by atoms with van der Waals surface area (Å²) in [5, 5.41) is 7.90. The summed E-state index contributed by atoms with van der Waals surface area (Å²) in [5.41, 5.74) is 4.33. The number of nitrogens with one attached hydrogen (secondary N) is 1. The number of aromatic nitrogens is 2. The summed E-state index contributed by atoms with van der Waals surface area (Å²) >= 11 is 0. The number of benzene rings is 2. The highest BCUT2D eigenvalue weighted by atomic mass is 16.1. The SMILES string of the molecule is Cc1ccccc1-c1nn(-c2ccccc2)cc1C(=O)NCC(C)N(C)C1CC1. The lowest BCUT2D eigenvalue weighted by atomic mass is 10.0. The highest BCUT2D eigenvalue weighted by molar-refractivity contribution is 6.00. The number of rotatable bonds is 7. The molecular formula is C24H28N4O. The van der Waals surface area contributed by atoms with Crippen molar-refractivity contribution in [3.05, 3.63) is 71.9 Å². The summed E-state index contributed by atoms with van der Waals surface area (Å²) in [4.78, 5) is 15.5. The largest absolute Gasteiger partial charge is 0.350 e. The Hall–Kier alpha value is -2.92. The zero-order chi connectivity index (χ0) is 20.4. The van der Waals surface area contributed by atoms with Gasteiger partial charge in [-0.1, -0.05) is 42.5 Å². The number of aryl methyl sites for hydroxylation is 1. The van der Waals surface area contributed by atoms with E-state index in [1.165, 1.54) is 12.8 Å². The Morgan fingerprint density at radius 3 is 2.55 bits per heavy atom. The number of carbonyl (C=O) groups excluding carboxylic acids is 1. The molecule has 0 bridgehead atoms. The van der Waals surface area contributed by atoms with Crippen molar-refractivity contribution in [1.82, 2.24) is 20.0 Å². The maximum Gasteiger partial charge on any atom is 0.255 e. The molecule has 0 spiro atoms. The molecule has 0 radical (unpaired) electrons. The summed E-state index contributed by atoms with van der Waals surface area (Å²) in [6, 6.07) is 18.9. The molecule has 1 unspecified atom stereocenters. The molecule has 1 N–H and O–H groups in total. The molecule has 1 aliphatic rings. The van der Waals surface area contributed by atoms with E-state index in [0.29, 0.717) is 29.9 Å². The second kappa shape index (κ2) is 8.21. The number of hydrogen-bond acceptors (Lipinski definition) is 3. The van der Waals surface area contributed by atoms with Crippen LogP contribution in [0.1, 0.15) is 35.7 Å². The van der Waals surface area contributed by atoms with Gasteiger partial charge in [0.05, 0.1) is 11.3 Å². The molecule has 4 rings (SSSR count). The van der Waals surface area contributed by atoms with Gasteiger partial charge in [0, 0.05) is 30.4 Å². The topological polar surface area (TPSA) is 50.2 Å². The molecule has 1 amide bonds. The van der Waals surface area contributed by atoms with Gasteiger partial charge in [-0.3, -0.25) is 9.69 Å². The molecule has 1 saturated carbocycles. The Labute approximate surface area is 172 Å². The van der Waals surface area contributed by atoms with Crippen molar-refractivity contribution in [2.75, 3.05) is 13.6 Å². The first-order chi connectivity index (χ1) is 14.0. The first kappa shape index (κ1) is 19.4. The van der Waals surface area contributed by atoms with Crippen molar-refractivity contribution in [1.29, 1.82) is 0 Å². The predicted octanol–water partition coefficient (Wildman–Crippen LogP) is 4.06. The molecule has 1 heterocycles. The number of nitrogens with zero attached hydrogens (tertiary/aromatic N) is 3. The van der Waals surface area contributed by atoms with Crippen LogP contribution in [0.4, 0.5) is 0 Å². The van der Waals surface area contributed by atoms with Gasteiger partial charge < -0.3 is 5.32 Å². The van der Waals surface area contributed by atoms with Gasteiger partial charge >= 0.3 is 0 Å². The van der Waals surface area contributed by atoms with Crippen LogP contribution in [0.2, 0.25) is 0 Å². The maximum atomic E-state index is 13.1.